The molecule has 0 heterocycles. The summed E-state index contributed by atoms with van der Waals surface area (Å²) < 4.78 is 102. The zero-order valence-corrected chi connectivity index (χ0v) is 28.1. The van der Waals surface area contributed by atoms with Crippen molar-refractivity contribution < 1.29 is 49.9 Å². The normalized spacial score (nSPS) is 12.1. The molecule has 1 atom stereocenters. The maximum atomic E-state index is 14.6. The number of thioether (sulfide) groups is 1. The molecule has 3 amide bonds. The van der Waals surface area contributed by atoms with Crippen LogP contribution >= 0.6 is 11.8 Å². The fraction of sp³-hybridized carbons (Fsp3) is 0.0789. The Morgan fingerprint density at radius 3 is 1.92 bits per heavy atom. The third-order valence-corrected chi connectivity index (χ3v) is 8.70. The van der Waals surface area contributed by atoms with Crippen LogP contribution in [-0.4, -0.2) is 24.8 Å². The van der Waals surface area contributed by atoms with Crippen molar-refractivity contribution >= 4 is 46.9 Å². The van der Waals surface area contributed by atoms with E-state index in [0.29, 0.717) is 21.8 Å². The van der Waals surface area contributed by atoms with Crippen LogP contribution < -0.4 is 20.7 Å². The minimum atomic E-state index is -5.75. The first-order valence-corrected chi connectivity index (χ1v) is 16.2. The van der Waals surface area contributed by atoms with Crippen molar-refractivity contribution in [3.05, 3.63) is 160 Å². The van der Waals surface area contributed by atoms with Gasteiger partial charge in [0.05, 0.1) is 7.11 Å². The van der Waals surface area contributed by atoms with E-state index >= 15 is 0 Å². The molecule has 3 N–H and O–H groups in total. The molecular formula is C38H26F7N3O4S. The summed E-state index contributed by atoms with van der Waals surface area (Å²) in [6.45, 7) is 0. The first-order chi connectivity index (χ1) is 25.3. The zero-order chi connectivity index (χ0) is 38.3. The van der Waals surface area contributed by atoms with E-state index in [4.69, 9.17) is 4.74 Å². The molecule has 0 spiro atoms. The molecule has 1 unspecified atom stereocenters. The fourth-order valence-corrected chi connectivity index (χ4v) is 5.90. The summed E-state index contributed by atoms with van der Waals surface area (Å²) in [5, 5.41) is 5.66. The van der Waals surface area contributed by atoms with E-state index < -0.39 is 63.7 Å². The Bertz CT molecular complexity index is 2140. The smallest absolute Gasteiger partial charge is 0.422 e. The highest BCUT2D eigenvalue weighted by Crippen LogP contribution is 2.40. The number of rotatable bonds is 11. The SMILES string of the molecule is COc1cccc(/C=C(\NC(=O)c2ccccc2)C(=O)Nc2ccc(SC(C(=O)Nc3c(F)c(F)c(C(F)(F)F)c(F)c3F)c3ccccc3)cc2)c1. The lowest BCUT2D eigenvalue weighted by atomic mass is 10.1. The van der Waals surface area contributed by atoms with E-state index in [0.717, 1.165) is 11.8 Å². The summed E-state index contributed by atoms with van der Waals surface area (Å²) in [4.78, 5) is 40.2. The van der Waals surface area contributed by atoms with Gasteiger partial charge in [0.25, 0.3) is 11.8 Å². The van der Waals surface area contributed by atoms with Crippen molar-refractivity contribution in [3.8, 4) is 5.75 Å². The molecular weight excluding hydrogens is 727 g/mol. The maximum Gasteiger partial charge on any atom is 0.422 e. The number of nitrogens with one attached hydrogen (secondary N) is 3. The monoisotopic (exact) mass is 753 g/mol. The number of carbonyl (C=O) groups is 3. The number of carbonyl (C=O) groups excluding carboxylic acids is 3. The lowest BCUT2D eigenvalue weighted by Crippen LogP contribution is -2.30. The summed E-state index contributed by atoms with van der Waals surface area (Å²) in [5.41, 5.74) is -3.24. The molecule has 0 aliphatic rings. The van der Waals surface area contributed by atoms with Crippen LogP contribution in [0.5, 0.6) is 5.75 Å². The number of halogens is 7. The number of benzene rings is 5. The summed E-state index contributed by atoms with van der Waals surface area (Å²) in [6, 6.07) is 28.5. The van der Waals surface area contributed by atoms with Crippen LogP contribution in [0.4, 0.5) is 42.1 Å². The molecule has 0 aliphatic carbocycles. The second kappa shape index (κ2) is 16.5. The topological polar surface area (TPSA) is 96.5 Å². The molecule has 0 saturated heterocycles. The number of hydrogen-bond donors (Lipinski definition) is 3. The number of hydrogen-bond acceptors (Lipinski definition) is 5. The van der Waals surface area contributed by atoms with Crippen molar-refractivity contribution in [1.29, 1.82) is 0 Å². The first-order valence-electron chi connectivity index (χ1n) is 15.4. The van der Waals surface area contributed by atoms with E-state index in [9.17, 15) is 45.1 Å². The quantitative estimate of drug-likeness (QED) is 0.0542. The zero-order valence-electron chi connectivity index (χ0n) is 27.2. The predicted molar refractivity (Wildman–Crippen MR) is 185 cm³/mol. The number of amides is 3. The Labute approximate surface area is 301 Å². The van der Waals surface area contributed by atoms with E-state index in [1.165, 1.54) is 49.6 Å². The molecule has 0 aromatic heterocycles. The Morgan fingerprint density at radius 2 is 1.34 bits per heavy atom. The third-order valence-electron chi connectivity index (χ3n) is 7.44. The molecule has 5 aromatic rings. The van der Waals surface area contributed by atoms with Crippen LogP contribution in [0.15, 0.2) is 120 Å². The van der Waals surface area contributed by atoms with Crippen LogP contribution in [0.1, 0.15) is 32.3 Å². The molecule has 0 aliphatic heterocycles. The van der Waals surface area contributed by atoms with Crippen LogP contribution in [0.25, 0.3) is 6.08 Å². The van der Waals surface area contributed by atoms with E-state index in [-0.39, 0.29) is 16.9 Å². The summed E-state index contributed by atoms with van der Waals surface area (Å²) >= 11 is 0.824. The molecule has 15 heteroatoms. The average molecular weight is 754 g/mol. The van der Waals surface area contributed by atoms with E-state index in [1.807, 2.05) is 0 Å². The molecule has 5 aromatic carbocycles. The Kier molecular flexibility index (Phi) is 11.9. The van der Waals surface area contributed by atoms with Gasteiger partial charge in [0.2, 0.25) is 5.91 Å². The third kappa shape index (κ3) is 9.23. The molecule has 7 nitrogen and oxygen atoms in total. The molecule has 0 radical (unpaired) electrons. The van der Waals surface area contributed by atoms with Crippen molar-refractivity contribution in [2.45, 2.75) is 16.3 Å². The van der Waals surface area contributed by atoms with Crippen LogP contribution in [0.3, 0.4) is 0 Å². The van der Waals surface area contributed by atoms with Gasteiger partial charge in [0.1, 0.15) is 27.9 Å². The van der Waals surface area contributed by atoms with Crippen molar-refractivity contribution in [2.75, 3.05) is 17.7 Å². The summed E-state index contributed by atoms with van der Waals surface area (Å²) in [6.07, 6.45) is -4.30. The lowest BCUT2D eigenvalue weighted by Gasteiger charge is -2.19. The van der Waals surface area contributed by atoms with Gasteiger partial charge in [-0.15, -0.1) is 11.8 Å². The van der Waals surface area contributed by atoms with E-state index in [1.54, 1.807) is 78.1 Å². The molecule has 0 fully saturated rings. The Hall–Kier alpha value is -6.09. The van der Waals surface area contributed by atoms with Gasteiger partial charge >= 0.3 is 6.18 Å². The van der Waals surface area contributed by atoms with Gasteiger partial charge < -0.3 is 20.7 Å². The second-order valence-electron chi connectivity index (χ2n) is 11.0. The minimum Gasteiger partial charge on any atom is -0.497 e. The summed E-state index contributed by atoms with van der Waals surface area (Å²) in [7, 11) is 1.48. The summed E-state index contributed by atoms with van der Waals surface area (Å²) in [5.74, 6) is -12.2. The van der Waals surface area contributed by atoms with Crippen molar-refractivity contribution in [3.63, 3.8) is 0 Å². The molecule has 272 valence electrons. The lowest BCUT2D eigenvalue weighted by molar-refractivity contribution is -0.143. The number of methoxy groups -OCH3 is 1. The maximum absolute atomic E-state index is 14.6. The average Bonchev–Trinajstić information content (AvgIpc) is 3.15. The van der Waals surface area contributed by atoms with Gasteiger partial charge in [-0.3, -0.25) is 14.4 Å². The number of alkyl halides is 3. The van der Waals surface area contributed by atoms with Gasteiger partial charge in [-0.05, 0) is 65.7 Å². The Morgan fingerprint density at radius 1 is 0.736 bits per heavy atom. The van der Waals surface area contributed by atoms with Gasteiger partial charge in [-0.25, -0.2) is 17.6 Å². The standard InChI is InChI=1S/C38H26F7N3O4S/c1-52-25-14-8-9-21(19-25)20-27(47-35(49)23-12-6-3-7-13-23)36(50)46-24-15-17-26(18-16-24)53-34(22-10-4-2-5-11-22)37(51)48-33-31(41)29(39)28(38(43,44)45)30(40)32(33)42/h2-20,34H,1H3,(H,46,50)(H,47,49)(H,48,51)/b27-20-. The van der Waals surface area contributed by atoms with Gasteiger partial charge in [-0.1, -0.05) is 60.7 Å². The van der Waals surface area contributed by atoms with Gasteiger partial charge in [-0.2, -0.15) is 13.2 Å². The molecule has 0 bridgehead atoms. The Balaban J connectivity index is 1.38. The van der Waals surface area contributed by atoms with E-state index in [2.05, 4.69) is 10.6 Å². The van der Waals surface area contributed by atoms with Crippen molar-refractivity contribution in [2.24, 2.45) is 0 Å². The minimum absolute atomic E-state index is 0.109. The molecule has 5 rings (SSSR count). The first kappa shape index (κ1) is 38.1. The molecule has 53 heavy (non-hydrogen) atoms. The van der Waals surface area contributed by atoms with Gasteiger partial charge in [0.15, 0.2) is 23.3 Å². The highest BCUT2D eigenvalue weighted by Gasteiger charge is 2.43. The van der Waals surface area contributed by atoms with Crippen LogP contribution in [-0.2, 0) is 15.8 Å². The number of anilines is 2. The number of ether oxygens (including phenoxy) is 1. The molecule has 0 saturated carbocycles. The van der Waals surface area contributed by atoms with Gasteiger partial charge in [0, 0.05) is 16.1 Å². The van der Waals surface area contributed by atoms with Crippen molar-refractivity contribution in [1.82, 2.24) is 5.32 Å². The second-order valence-corrected chi connectivity index (χ2v) is 12.2. The van der Waals surface area contributed by atoms with Crippen LogP contribution in [0.2, 0.25) is 0 Å². The highest BCUT2D eigenvalue weighted by atomic mass is 32.2. The largest absolute Gasteiger partial charge is 0.497 e. The highest BCUT2D eigenvalue weighted by molar-refractivity contribution is 8.00. The predicted octanol–water partition coefficient (Wildman–Crippen LogP) is 9.15. The van der Waals surface area contributed by atoms with Crippen LogP contribution in [0, 0.1) is 23.3 Å². The fourth-order valence-electron chi connectivity index (χ4n) is 4.87.